The van der Waals surface area contributed by atoms with Crippen molar-refractivity contribution in [2.45, 2.75) is 12.5 Å². The average Bonchev–Trinajstić information content (AvgIpc) is 3.23. The predicted molar refractivity (Wildman–Crippen MR) is 158 cm³/mol. The SMILES string of the molecule is COc1ccc(NC(=O)COc2ccc(/C=C3/SC(=S)N([C@@H](Cc4ccc(O)cc4)C(=O)O)C3=O)cc2OC)cc1. The van der Waals surface area contributed by atoms with Crippen LogP contribution >= 0.6 is 24.0 Å². The summed E-state index contributed by atoms with van der Waals surface area (Å²) in [6.45, 7) is -0.266. The summed E-state index contributed by atoms with van der Waals surface area (Å²) in [6.07, 6.45) is 1.60. The van der Waals surface area contributed by atoms with E-state index in [-0.39, 0.29) is 33.9 Å². The molecule has 1 heterocycles. The van der Waals surface area contributed by atoms with Crippen LogP contribution in [0.1, 0.15) is 11.1 Å². The Bertz CT molecular complexity index is 1490. The molecule has 12 heteroatoms. The van der Waals surface area contributed by atoms with Gasteiger partial charge in [0.25, 0.3) is 11.8 Å². The zero-order valence-electron chi connectivity index (χ0n) is 22.0. The highest BCUT2D eigenvalue weighted by atomic mass is 32.2. The van der Waals surface area contributed by atoms with Crippen LogP contribution in [0.5, 0.6) is 23.0 Å². The first-order valence-electron chi connectivity index (χ1n) is 12.2. The Labute approximate surface area is 245 Å². The Morgan fingerprint density at radius 2 is 1.73 bits per heavy atom. The number of carboxylic acid groups (broad SMARTS) is 1. The largest absolute Gasteiger partial charge is 0.508 e. The number of aliphatic carboxylic acids is 1. The van der Waals surface area contributed by atoms with Crippen molar-refractivity contribution in [1.82, 2.24) is 4.90 Å². The van der Waals surface area contributed by atoms with E-state index >= 15 is 0 Å². The number of carboxylic acids is 1. The second kappa shape index (κ2) is 13.2. The van der Waals surface area contributed by atoms with Gasteiger partial charge in [0.2, 0.25) is 0 Å². The molecule has 4 rings (SSSR count). The monoisotopic (exact) mass is 594 g/mol. The molecule has 1 fully saturated rings. The van der Waals surface area contributed by atoms with Crippen LogP contribution in [0, 0.1) is 0 Å². The molecule has 1 atom stereocenters. The highest BCUT2D eigenvalue weighted by Crippen LogP contribution is 2.36. The number of hydrogen-bond donors (Lipinski definition) is 3. The molecule has 0 aliphatic carbocycles. The Hall–Kier alpha value is -4.55. The highest BCUT2D eigenvalue weighted by molar-refractivity contribution is 8.26. The van der Waals surface area contributed by atoms with Gasteiger partial charge in [-0.1, -0.05) is 42.2 Å². The summed E-state index contributed by atoms with van der Waals surface area (Å²) in [4.78, 5) is 39.0. The van der Waals surface area contributed by atoms with E-state index < -0.39 is 17.9 Å². The minimum absolute atomic E-state index is 0.0151. The number of ether oxygens (including phenoxy) is 3. The smallest absolute Gasteiger partial charge is 0.327 e. The van der Waals surface area contributed by atoms with Crippen molar-refractivity contribution in [1.29, 1.82) is 0 Å². The van der Waals surface area contributed by atoms with Crippen LogP contribution in [0.3, 0.4) is 0 Å². The summed E-state index contributed by atoms with van der Waals surface area (Å²) >= 11 is 6.37. The van der Waals surface area contributed by atoms with E-state index in [4.69, 9.17) is 26.4 Å². The Balaban J connectivity index is 1.44. The van der Waals surface area contributed by atoms with E-state index in [0.717, 1.165) is 16.7 Å². The number of anilines is 1. The second-order valence-electron chi connectivity index (χ2n) is 8.75. The van der Waals surface area contributed by atoms with Gasteiger partial charge in [-0.15, -0.1) is 0 Å². The molecule has 0 spiro atoms. The Morgan fingerprint density at radius 3 is 2.37 bits per heavy atom. The lowest BCUT2D eigenvalue weighted by molar-refractivity contribution is -0.145. The number of aromatic hydroxyl groups is 1. The number of phenolic OH excluding ortho intramolecular Hbond substituents is 1. The number of nitrogens with one attached hydrogen (secondary N) is 1. The summed E-state index contributed by atoms with van der Waals surface area (Å²) in [5.74, 6) is -0.718. The maximum Gasteiger partial charge on any atom is 0.327 e. The van der Waals surface area contributed by atoms with Crippen molar-refractivity contribution in [3.8, 4) is 23.0 Å². The Morgan fingerprint density at radius 1 is 1.02 bits per heavy atom. The molecule has 0 bridgehead atoms. The molecule has 3 N–H and O–H groups in total. The topological polar surface area (TPSA) is 135 Å². The number of rotatable bonds is 11. The highest BCUT2D eigenvalue weighted by Gasteiger charge is 2.40. The van der Waals surface area contributed by atoms with Crippen LogP contribution in [0.2, 0.25) is 0 Å². The van der Waals surface area contributed by atoms with E-state index in [1.54, 1.807) is 67.8 Å². The lowest BCUT2D eigenvalue weighted by Crippen LogP contribution is -2.45. The molecule has 2 amide bonds. The third kappa shape index (κ3) is 7.35. The van der Waals surface area contributed by atoms with Gasteiger partial charge in [0.1, 0.15) is 21.9 Å². The summed E-state index contributed by atoms with van der Waals surface area (Å²) in [7, 11) is 3.00. The van der Waals surface area contributed by atoms with E-state index in [9.17, 15) is 24.6 Å². The van der Waals surface area contributed by atoms with Crippen molar-refractivity contribution >= 4 is 57.8 Å². The van der Waals surface area contributed by atoms with Gasteiger partial charge in [0, 0.05) is 12.1 Å². The van der Waals surface area contributed by atoms with Crippen molar-refractivity contribution in [3.05, 3.63) is 82.8 Å². The number of carbonyl (C=O) groups excluding carboxylic acids is 2. The molecule has 0 unspecified atom stereocenters. The zero-order valence-corrected chi connectivity index (χ0v) is 23.7. The number of thiocarbonyl (C=S) groups is 1. The van der Waals surface area contributed by atoms with Crippen molar-refractivity contribution in [2.75, 3.05) is 26.1 Å². The minimum atomic E-state index is -1.22. The summed E-state index contributed by atoms with van der Waals surface area (Å²) in [5, 5.41) is 22.1. The van der Waals surface area contributed by atoms with Crippen molar-refractivity contribution in [2.24, 2.45) is 0 Å². The second-order valence-corrected chi connectivity index (χ2v) is 10.4. The van der Waals surface area contributed by atoms with Gasteiger partial charge in [-0.05, 0) is 65.7 Å². The fraction of sp³-hybridized carbons (Fsp3) is 0.172. The van der Waals surface area contributed by atoms with Crippen LogP contribution in [0.15, 0.2) is 71.6 Å². The van der Waals surface area contributed by atoms with Gasteiger partial charge < -0.3 is 29.7 Å². The standard InChI is InChI=1S/C29H26N2O8S2/c1-37-21-10-6-19(7-11-21)30-26(33)16-39-23-12-5-18(14-24(23)38-2)15-25-27(34)31(29(40)41-25)22(28(35)36)13-17-3-8-20(32)9-4-17/h3-12,14-15,22,32H,13,16H2,1-2H3,(H,30,33)(H,35,36)/b25-15+/t22-/m0/s1. The molecule has 1 saturated heterocycles. The molecule has 10 nitrogen and oxygen atoms in total. The molecule has 0 radical (unpaired) electrons. The molecule has 1 aliphatic heterocycles. The first-order chi connectivity index (χ1) is 19.7. The van der Waals surface area contributed by atoms with E-state index in [1.165, 1.54) is 19.2 Å². The van der Waals surface area contributed by atoms with Gasteiger partial charge in [0.15, 0.2) is 18.1 Å². The Kier molecular flexibility index (Phi) is 9.48. The molecule has 1 aliphatic rings. The van der Waals surface area contributed by atoms with Crippen LogP contribution in [-0.4, -0.2) is 64.1 Å². The van der Waals surface area contributed by atoms with Gasteiger partial charge in [-0.25, -0.2) is 4.79 Å². The van der Waals surface area contributed by atoms with Gasteiger partial charge in [0.05, 0.1) is 19.1 Å². The summed E-state index contributed by atoms with van der Waals surface area (Å²) in [5.41, 5.74) is 1.81. The maximum absolute atomic E-state index is 13.2. The van der Waals surface area contributed by atoms with Crippen molar-refractivity contribution < 1.29 is 38.8 Å². The normalized spacial score (nSPS) is 14.6. The maximum atomic E-state index is 13.2. The molecule has 212 valence electrons. The third-order valence-electron chi connectivity index (χ3n) is 6.00. The molecular weight excluding hydrogens is 568 g/mol. The summed E-state index contributed by atoms with van der Waals surface area (Å²) in [6, 6.07) is 16.7. The lowest BCUT2D eigenvalue weighted by Gasteiger charge is -2.23. The number of benzene rings is 3. The van der Waals surface area contributed by atoms with E-state index in [1.807, 2.05) is 0 Å². The zero-order chi connectivity index (χ0) is 29.5. The van der Waals surface area contributed by atoms with Gasteiger partial charge in [-0.2, -0.15) is 0 Å². The third-order valence-corrected chi connectivity index (χ3v) is 7.33. The lowest BCUT2D eigenvalue weighted by atomic mass is 10.0. The van der Waals surface area contributed by atoms with Crippen LogP contribution < -0.4 is 19.5 Å². The number of hydrogen-bond acceptors (Lipinski definition) is 9. The fourth-order valence-electron chi connectivity index (χ4n) is 3.95. The van der Waals surface area contributed by atoms with Crippen LogP contribution in [0.4, 0.5) is 5.69 Å². The van der Waals surface area contributed by atoms with Crippen LogP contribution in [-0.2, 0) is 20.8 Å². The minimum Gasteiger partial charge on any atom is -0.508 e. The molecule has 3 aromatic carbocycles. The number of amides is 2. The molecule has 0 aromatic heterocycles. The number of carbonyl (C=O) groups is 3. The predicted octanol–water partition coefficient (Wildman–Crippen LogP) is 4.32. The number of phenols is 1. The van der Waals surface area contributed by atoms with E-state index in [2.05, 4.69) is 5.32 Å². The van der Waals surface area contributed by atoms with Crippen LogP contribution in [0.25, 0.3) is 6.08 Å². The molecule has 3 aromatic rings. The first-order valence-corrected chi connectivity index (χ1v) is 13.4. The fourth-order valence-corrected chi connectivity index (χ4v) is 5.31. The number of nitrogens with zero attached hydrogens (tertiary/aromatic N) is 1. The summed E-state index contributed by atoms with van der Waals surface area (Å²) < 4.78 is 16.3. The number of methoxy groups -OCH3 is 2. The average molecular weight is 595 g/mol. The van der Waals surface area contributed by atoms with E-state index in [0.29, 0.717) is 34.1 Å². The van der Waals surface area contributed by atoms with Gasteiger partial charge >= 0.3 is 5.97 Å². The van der Waals surface area contributed by atoms with Crippen molar-refractivity contribution in [3.63, 3.8) is 0 Å². The molecule has 0 saturated carbocycles. The molecular formula is C29H26N2O8S2. The molecule has 41 heavy (non-hydrogen) atoms. The number of thioether (sulfide) groups is 1. The van der Waals surface area contributed by atoms with Gasteiger partial charge in [-0.3, -0.25) is 14.5 Å². The quantitative estimate of drug-likeness (QED) is 0.218. The first kappa shape index (κ1) is 29.4.